The van der Waals surface area contributed by atoms with Crippen LogP contribution in [0.5, 0.6) is 11.5 Å². The molecule has 2 heterocycles. The fraction of sp³-hybridized carbons (Fsp3) is 0.174. The van der Waals surface area contributed by atoms with Crippen LogP contribution in [0.2, 0.25) is 0 Å². The Labute approximate surface area is 168 Å². The Kier molecular flexibility index (Phi) is 5.44. The molecule has 4 rings (SSSR count). The van der Waals surface area contributed by atoms with Crippen molar-refractivity contribution in [3.63, 3.8) is 0 Å². The average Bonchev–Trinajstić information content (AvgIpc) is 3.17. The highest BCUT2D eigenvalue weighted by Crippen LogP contribution is 2.34. The number of nitrogens with zero attached hydrogens (tertiary/aromatic N) is 1. The van der Waals surface area contributed by atoms with Crippen molar-refractivity contribution in [1.29, 1.82) is 0 Å². The fourth-order valence-corrected chi connectivity index (χ4v) is 3.86. The number of rotatable bonds is 5. The van der Waals surface area contributed by atoms with Gasteiger partial charge in [-0.15, -0.1) is 11.3 Å². The zero-order chi connectivity index (χ0) is 19.3. The number of carbonyl (C=O) groups excluding carboxylic acids is 1. The molecule has 1 amide bonds. The van der Waals surface area contributed by atoms with Gasteiger partial charge in [0.1, 0.15) is 13.2 Å². The lowest BCUT2D eigenvalue weighted by Gasteiger charge is -2.24. The van der Waals surface area contributed by atoms with Crippen LogP contribution < -0.4 is 14.4 Å². The van der Waals surface area contributed by atoms with Crippen LogP contribution in [0.1, 0.15) is 20.1 Å². The number of ether oxygens (including phenoxy) is 2. The van der Waals surface area contributed by atoms with E-state index in [0.29, 0.717) is 31.3 Å². The molecule has 0 fully saturated rings. The first-order valence-electron chi connectivity index (χ1n) is 9.20. The largest absolute Gasteiger partial charge is 0.486 e. The van der Waals surface area contributed by atoms with Gasteiger partial charge in [0.2, 0.25) is 0 Å². The first kappa shape index (κ1) is 18.3. The quantitative estimate of drug-likeness (QED) is 0.601. The van der Waals surface area contributed by atoms with E-state index in [2.05, 4.69) is 0 Å². The summed E-state index contributed by atoms with van der Waals surface area (Å²) in [4.78, 5) is 16.8. The number of hydrogen-bond donors (Lipinski definition) is 0. The lowest BCUT2D eigenvalue weighted by atomic mass is 10.2. The average molecular weight is 391 g/mol. The van der Waals surface area contributed by atoms with E-state index in [-0.39, 0.29) is 5.91 Å². The Hall–Kier alpha value is -3.05. The lowest BCUT2D eigenvalue weighted by Crippen LogP contribution is -2.30. The van der Waals surface area contributed by atoms with Gasteiger partial charge in [0.05, 0.1) is 4.88 Å². The molecule has 0 saturated carbocycles. The zero-order valence-corrected chi connectivity index (χ0v) is 16.4. The van der Waals surface area contributed by atoms with Crippen LogP contribution in [0.3, 0.4) is 0 Å². The maximum atomic E-state index is 13.2. The summed E-state index contributed by atoms with van der Waals surface area (Å²) in [5.74, 6) is 1.37. The van der Waals surface area contributed by atoms with Gasteiger partial charge in [-0.25, -0.2) is 0 Å². The fourth-order valence-electron chi connectivity index (χ4n) is 3.05. The Balaban J connectivity index is 1.63. The van der Waals surface area contributed by atoms with Crippen LogP contribution in [0.4, 0.5) is 5.69 Å². The van der Waals surface area contributed by atoms with E-state index in [9.17, 15) is 4.79 Å². The van der Waals surface area contributed by atoms with Crippen molar-refractivity contribution in [2.24, 2.45) is 0 Å². The summed E-state index contributed by atoms with van der Waals surface area (Å²) in [5, 5.41) is 0. The standard InChI is InChI=1S/C23H21NO3S/c1-17-9-12-22(28-17)23(25)24(13-5-8-18-6-3-2-4-7-18)19-10-11-20-21(16-19)27-15-14-26-20/h2-12,16H,13-15H2,1H3/b8-5+. The molecular weight excluding hydrogens is 370 g/mol. The van der Waals surface area contributed by atoms with Crippen LogP contribution in [-0.2, 0) is 0 Å². The second-order valence-corrected chi connectivity index (χ2v) is 7.75. The highest BCUT2D eigenvalue weighted by molar-refractivity contribution is 7.14. The third-order valence-corrected chi connectivity index (χ3v) is 5.42. The SMILES string of the molecule is Cc1ccc(C(=O)N(C/C=C/c2ccccc2)c2ccc3c(c2)OCCO3)s1. The molecule has 0 spiro atoms. The predicted molar refractivity (Wildman–Crippen MR) is 114 cm³/mol. The van der Waals surface area contributed by atoms with Gasteiger partial charge in [-0.1, -0.05) is 42.5 Å². The van der Waals surface area contributed by atoms with Crippen LogP contribution in [0.15, 0.2) is 66.7 Å². The number of fused-ring (bicyclic) bond motifs is 1. The molecule has 2 aromatic carbocycles. The number of benzene rings is 2. The highest BCUT2D eigenvalue weighted by atomic mass is 32.1. The van der Waals surface area contributed by atoms with E-state index in [0.717, 1.165) is 21.0 Å². The zero-order valence-electron chi connectivity index (χ0n) is 15.6. The van der Waals surface area contributed by atoms with Gasteiger partial charge in [-0.05, 0) is 36.8 Å². The highest BCUT2D eigenvalue weighted by Gasteiger charge is 2.21. The molecule has 0 saturated heterocycles. The van der Waals surface area contributed by atoms with E-state index in [1.807, 2.05) is 79.7 Å². The van der Waals surface area contributed by atoms with E-state index >= 15 is 0 Å². The summed E-state index contributed by atoms with van der Waals surface area (Å²) >= 11 is 1.51. The van der Waals surface area contributed by atoms with Crippen molar-refractivity contribution < 1.29 is 14.3 Å². The van der Waals surface area contributed by atoms with Crippen LogP contribution >= 0.6 is 11.3 Å². The molecule has 0 radical (unpaired) electrons. The molecule has 142 valence electrons. The Morgan fingerprint density at radius 3 is 2.57 bits per heavy atom. The molecule has 1 aliphatic rings. The van der Waals surface area contributed by atoms with E-state index in [4.69, 9.17) is 9.47 Å². The maximum Gasteiger partial charge on any atom is 0.268 e. The summed E-state index contributed by atoms with van der Waals surface area (Å²) in [6.45, 7) is 3.53. The van der Waals surface area contributed by atoms with Gasteiger partial charge in [0, 0.05) is 23.2 Å². The van der Waals surface area contributed by atoms with Gasteiger partial charge in [-0.3, -0.25) is 4.79 Å². The summed E-state index contributed by atoms with van der Waals surface area (Å²) < 4.78 is 11.3. The van der Waals surface area contributed by atoms with E-state index in [1.165, 1.54) is 11.3 Å². The van der Waals surface area contributed by atoms with Gasteiger partial charge in [-0.2, -0.15) is 0 Å². The monoisotopic (exact) mass is 391 g/mol. The molecule has 1 aliphatic heterocycles. The molecule has 0 aliphatic carbocycles. The number of amides is 1. The van der Waals surface area contributed by atoms with E-state index in [1.54, 1.807) is 4.90 Å². The minimum absolute atomic E-state index is 0.0208. The first-order chi connectivity index (χ1) is 13.7. The van der Waals surface area contributed by atoms with Gasteiger partial charge < -0.3 is 14.4 Å². The van der Waals surface area contributed by atoms with Crippen molar-refractivity contribution >= 4 is 29.0 Å². The van der Waals surface area contributed by atoms with Crippen molar-refractivity contribution in [3.05, 3.63) is 82.1 Å². The summed E-state index contributed by atoms with van der Waals surface area (Å²) in [5.41, 5.74) is 1.89. The predicted octanol–water partition coefficient (Wildman–Crippen LogP) is 5.19. The Morgan fingerprint density at radius 2 is 1.82 bits per heavy atom. The van der Waals surface area contributed by atoms with Gasteiger partial charge >= 0.3 is 0 Å². The van der Waals surface area contributed by atoms with Crippen molar-refractivity contribution in [1.82, 2.24) is 0 Å². The lowest BCUT2D eigenvalue weighted by molar-refractivity contribution is 0.0993. The van der Waals surface area contributed by atoms with Crippen LogP contribution in [-0.4, -0.2) is 25.7 Å². The Bertz CT molecular complexity index is 994. The number of carbonyl (C=O) groups is 1. The molecule has 0 atom stereocenters. The third-order valence-electron chi connectivity index (χ3n) is 4.43. The van der Waals surface area contributed by atoms with Crippen LogP contribution in [0, 0.1) is 6.92 Å². The van der Waals surface area contributed by atoms with Crippen molar-refractivity contribution in [2.45, 2.75) is 6.92 Å². The van der Waals surface area contributed by atoms with Crippen molar-refractivity contribution in [2.75, 3.05) is 24.7 Å². The summed E-state index contributed by atoms with van der Waals surface area (Å²) in [6, 6.07) is 19.6. The number of aryl methyl sites for hydroxylation is 1. The summed E-state index contributed by atoms with van der Waals surface area (Å²) in [6.07, 6.45) is 4.03. The molecule has 4 nitrogen and oxygen atoms in total. The Morgan fingerprint density at radius 1 is 1.04 bits per heavy atom. The number of anilines is 1. The van der Waals surface area contributed by atoms with Gasteiger partial charge in [0.25, 0.3) is 5.91 Å². The van der Waals surface area contributed by atoms with Crippen molar-refractivity contribution in [3.8, 4) is 11.5 Å². The minimum Gasteiger partial charge on any atom is -0.486 e. The third kappa shape index (κ3) is 4.10. The molecule has 0 unspecified atom stereocenters. The first-order valence-corrected chi connectivity index (χ1v) is 10.0. The molecule has 0 N–H and O–H groups in total. The van der Waals surface area contributed by atoms with E-state index < -0.39 is 0 Å². The molecule has 1 aromatic heterocycles. The minimum atomic E-state index is -0.0208. The molecule has 0 bridgehead atoms. The number of thiophene rings is 1. The normalized spacial score (nSPS) is 12.9. The maximum absolute atomic E-state index is 13.2. The smallest absolute Gasteiger partial charge is 0.268 e. The molecule has 5 heteroatoms. The second kappa shape index (κ2) is 8.31. The molecular formula is C23H21NO3S. The summed E-state index contributed by atoms with van der Waals surface area (Å²) in [7, 11) is 0. The number of hydrogen-bond acceptors (Lipinski definition) is 4. The van der Waals surface area contributed by atoms with Crippen LogP contribution in [0.25, 0.3) is 6.08 Å². The topological polar surface area (TPSA) is 38.8 Å². The second-order valence-electron chi connectivity index (χ2n) is 6.47. The molecule has 28 heavy (non-hydrogen) atoms. The van der Waals surface area contributed by atoms with Gasteiger partial charge in [0.15, 0.2) is 11.5 Å². The molecule has 3 aromatic rings.